The Kier molecular flexibility index (Phi) is 1.80. The minimum absolute atomic E-state index is 0.154. The van der Waals surface area contributed by atoms with Gasteiger partial charge in [0.2, 0.25) is 0 Å². The van der Waals surface area contributed by atoms with Gasteiger partial charge in [0.05, 0.1) is 0 Å². The van der Waals surface area contributed by atoms with E-state index in [-0.39, 0.29) is 11.8 Å². The Morgan fingerprint density at radius 3 is 1.64 bits per heavy atom. The van der Waals surface area contributed by atoms with E-state index in [1.807, 2.05) is 0 Å². The lowest BCUT2D eigenvalue weighted by molar-refractivity contribution is -0.160. The van der Waals surface area contributed by atoms with Crippen LogP contribution in [0.4, 0.5) is 0 Å². The topological polar surface area (TPSA) is 34.1 Å². The molecule has 0 aromatic rings. The van der Waals surface area contributed by atoms with Crippen molar-refractivity contribution in [3.05, 3.63) is 0 Å². The van der Waals surface area contributed by atoms with Crippen LogP contribution in [0.15, 0.2) is 0 Å². The molecule has 0 heterocycles. The van der Waals surface area contributed by atoms with Gasteiger partial charge < -0.3 is 0 Å². The third-order valence-corrected chi connectivity index (χ3v) is 4.52. The molecule has 0 aromatic heterocycles. The Morgan fingerprint density at radius 2 is 1.21 bits per heavy atom. The van der Waals surface area contributed by atoms with Crippen molar-refractivity contribution in [1.29, 1.82) is 0 Å². The third kappa shape index (κ3) is 0.971. The van der Waals surface area contributed by atoms with Gasteiger partial charge in [-0.1, -0.05) is 0 Å². The second-order valence-corrected chi connectivity index (χ2v) is 5.10. The van der Waals surface area contributed by atoms with Gasteiger partial charge >= 0.3 is 0 Å². The predicted molar refractivity (Wildman–Crippen MR) is 51.7 cm³/mol. The van der Waals surface area contributed by atoms with Crippen molar-refractivity contribution in [3.63, 3.8) is 0 Å². The van der Waals surface area contributed by atoms with Gasteiger partial charge in [-0.05, 0) is 37.5 Å². The lowest BCUT2D eigenvalue weighted by Crippen LogP contribution is -2.57. The average Bonchev–Trinajstić information content (AvgIpc) is 2.14. The highest BCUT2D eigenvalue weighted by atomic mass is 16.1. The number of ketones is 2. The molecule has 3 fully saturated rings. The predicted octanol–water partition coefficient (Wildman–Crippen LogP) is 1.97. The van der Waals surface area contributed by atoms with Gasteiger partial charge in [-0.25, -0.2) is 0 Å². The van der Waals surface area contributed by atoms with E-state index in [0.717, 1.165) is 25.7 Å². The van der Waals surface area contributed by atoms with E-state index in [4.69, 9.17) is 0 Å². The van der Waals surface area contributed by atoms with Crippen LogP contribution in [0.5, 0.6) is 0 Å². The van der Waals surface area contributed by atoms with Crippen molar-refractivity contribution in [2.45, 2.75) is 38.5 Å². The first-order chi connectivity index (χ1) is 6.79. The fourth-order valence-corrected chi connectivity index (χ4v) is 3.94. The molecule has 3 aliphatic rings. The molecule has 2 nitrogen and oxygen atoms in total. The highest BCUT2D eigenvalue weighted by Crippen LogP contribution is 2.56. The number of hydrogen-bond donors (Lipinski definition) is 0. The molecule has 3 rings (SSSR count). The number of carbonyl (C=O) groups is 2. The van der Waals surface area contributed by atoms with Crippen LogP contribution in [0.2, 0.25) is 0 Å². The Balaban J connectivity index is 1.86. The Morgan fingerprint density at radius 1 is 0.786 bits per heavy atom. The SMILES string of the molecule is O=C1CCC[C@H]2[C@@H]3CCCC(=O)[C@H]3[C@H]12. The summed E-state index contributed by atoms with van der Waals surface area (Å²) < 4.78 is 0. The molecule has 0 bridgehead atoms. The summed E-state index contributed by atoms with van der Waals surface area (Å²) in [6, 6.07) is 0. The van der Waals surface area contributed by atoms with Crippen molar-refractivity contribution in [2.75, 3.05) is 0 Å². The molecule has 2 heteroatoms. The Labute approximate surface area is 84.1 Å². The average molecular weight is 192 g/mol. The summed E-state index contributed by atoms with van der Waals surface area (Å²) in [5.41, 5.74) is 0. The number of rotatable bonds is 0. The maximum atomic E-state index is 11.7. The number of hydrogen-bond acceptors (Lipinski definition) is 2. The Bertz CT molecular complexity index is 265. The molecule has 0 aromatic carbocycles. The molecule has 14 heavy (non-hydrogen) atoms. The molecule has 0 N–H and O–H groups in total. The fraction of sp³-hybridized carbons (Fsp3) is 0.833. The van der Waals surface area contributed by atoms with Crippen LogP contribution in [-0.2, 0) is 9.59 Å². The molecular formula is C12H16O2. The molecule has 0 aliphatic heterocycles. The van der Waals surface area contributed by atoms with Crippen LogP contribution in [0.1, 0.15) is 38.5 Å². The zero-order chi connectivity index (χ0) is 9.71. The minimum Gasteiger partial charge on any atom is -0.299 e. The van der Waals surface area contributed by atoms with Gasteiger partial charge in [-0.15, -0.1) is 0 Å². The van der Waals surface area contributed by atoms with Crippen molar-refractivity contribution in [1.82, 2.24) is 0 Å². The lowest BCUT2D eigenvalue weighted by atomic mass is 9.47. The molecule has 4 atom stereocenters. The standard InChI is InChI=1S/C12H16O2/c13-9-5-1-3-7-8-4-2-6-10(14)12(8)11(7)9/h7-8,11-12H,1-6H2/t7-,8-,11-,12-/m0/s1. The van der Waals surface area contributed by atoms with Crippen LogP contribution < -0.4 is 0 Å². The van der Waals surface area contributed by atoms with Crippen molar-refractivity contribution in [3.8, 4) is 0 Å². The summed E-state index contributed by atoms with van der Waals surface area (Å²) in [5, 5.41) is 0. The quantitative estimate of drug-likeness (QED) is 0.588. The van der Waals surface area contributed by atoms with Crippen LogP contribution in [0, 0.1) is 23.7 Å². The van der Waals surface area contributed by atoms with Crippen LogP contribution in [0.3, 0.4) is 0 Å². The Hall–Kier alpha value is -0.660. The normalized spacial score (nSPS) is 46.6. The van der Waals surface area contributed by atoms with E-state index in [1.54, 1.807) is 0 Å². The zero-order valence-corrected chi connectivity index (χ0v) is 8.37. The fourth-order valence-electron chi connectivity index (χ4n) is 3.94. The van der Waals surface area contributed by atoms with E-state index in [2.05, 4.69) is 0 Å². The smallest absolute Gasteiger partial charge is 0.136 e. The van der Waals surface area contributed by atoms with E-state index >= 15 is 0 Å². The largest absolute Gasteiger partial charge is 0.299 e. The summed E-state index contributed by atoms with van der Waals surface area (Å²) in [6.45, 7) is 0. The second-order valence-electron chi connectivity index (χ2n) is 5.10. The van der Waals surface area contributed by atoms with Gasteiger partial charge in [0.1, 0.15) is 11.6 Å². The van der Waals surface area contributed by atoms with Crippen LogP contribution in [0.25, 0.3) is 0 Å². The van der Waals surface area contributed by atoms with Gasteiger partial charge in [0.15, 0.2) is 0 Å². The summed E-state index contributed by atoms with van der Waals surface area (Å²) >= 11 is 0. The summed E-state index contributed by atoms with van der Waals surface area (Å²) in [7, 11) is 0. The van der Waals surface area contributed by atoms with Gasteiger partial charge in [0.25, 0.3) is 0 Å². The maximum absolute atomic E-state index is 11.7. The molecule has 0 saturated heterocycles. The first-order valence-electron chi connectivity index (χ1n) is 5.84. The molecule has 3 saturated carbocycles. The van der Waals surface area contributed by atoms with E-state index in [1.165, 1.54) is 12.8 Å². The summed E-state index contributed by atoms with van der Waals surface area (Å²) in [6.07, 6.45) is 6.00. The molecule has 3 aliphatic carbocycles. The van der Waals surface area contributed by atoms with Crippen LogP contribution >= 0.6 is 0 Å². The zero-order valence-electron chi connectivity index (χ0n) is 8.37. The van der Waals surface area contributed by atoms with Gasteiger partial charge in [0, 0.05) is 24.7 Å². The molecule has 76 valence electrons. The summed E-state index contributed by atoms with van der Waals surface area (Å²) in [4.78, 5) is 23.4. The van der Waals surface area contributed by atoms with Gasteiger partial charge in [-0.2, -0.15) is 0 Å². The highest BCUT2D eigenvalue weighted by Gasteiger charge is 2.57. The number of fused-ring (bicyclic) bond motifs is 4. The monoisotopic (exact) mass is 192 g/mol. The molecule has 0 amide bonds. The number of Topliss-reactive ketones (excluding diaryl/α,β-unsaturated/α-hetero) is 2. The van der Waals surface area contributed by atoms with Crippen molar-refractivity contribution >= 4 is 11.6 Å². The van der Waals surface area contributed by atoms with E-state index in [0.29, 0.717) is 23.4 Å². The van der Waals surface area contributed by atoms with E-state index < -0.39 is 0 Å². The summed E-state index contributed by atoms with van der Waals surface area (Å²) in [5.74, 6) is 2.26. The first-order valence-corrected chi connectivity index (χ1v) is 5.84. The second kappa shape index (κ2) is 2.91. The van der Waals surface area contributed by atoms with Crippen molar-refractivity contribution in [2.24, 2.45) is 23.7 Å². The number of carbonyl (C=O) groups excluding carboxylic acids is 2. The third-order valence-electron chi connectivity index (χ3n) is 4.52. The van der Waals surface area contributed by atoms with Crippen LogP contribution in [-0.4, -0.2) is 11.6 Å². The van der Waals surface area contributed by atoms with Gasteiger partial charge in [-0.3, -0.25) is 9.59 Å². The molecule has 0 unspecified atom stereocenters. The highest BCUT2D eigenvalue weighted by molar-refractivity contribution is 5.93. The van der Waals surface area contributed by atoms with Crippen molar-refractivity contribution < 1.29 is 9.59 Å². The first kappa shape index (κ1) is 8.63. The lowest BCUT2D eigenvalue weighted by Gasteiger charge is -2.55. The minimum atomic E-state index is 0.154. The maximum Gasteiger partial charge on any atom is 0.136 e. The molecule has 0 radical (unpaired) electrons. The molecule has 0 spiro atoms. The van der Waals surface area contributed by atoms with E-state index in [9.17, 15) is 9.59 Å². The molecular weight excluding hydrogens is 176 g/mol.